The van der Waals surface area contributed by atoms with Crippen molar-refractivity contribution in [3.8, 4) is 0 Å². The number of rotatable bonds is 6. The molecule has 1 N–H and O–H groups in total. The summed E-state index contributed by atoms with van der Waals surface area (Å²) in [7, 11) is 0. The molecular formula is C14H15BrFNO3. The summed E-state index contributed by atoms with van der Waals surface area (Å²) in [6.07, 6.45) is 3.19. The molecule has 4 nitrogen and oxygen atoms in total. The molecule has 0 unspecified atom stereocenters. The van der Waals surface area contributed by atoms with Gasteiger partial charge >= 0.3 is 5.97 Å². The molecule has 0 aliphatic heterocycles. The first kappa shape index (κ1) is 16.4. The van der Waals surface area contributed by atoms with Gasteiger partial charge in [-0.25, -0.2) is 9.18 Å². The largest absolute Gasteiger partial charge is 0.452 e. The molecule has 0 spiro atoms. The van der Waals surface area contributed by atoms with Crippen LogP contribution in [-0.4, -0.2) is 25.0 Å². The van der Waals surface area contributed by atoms with Gasteiger partial charge in [0.15, 0.2) is 6.61 Å². The van der Waals surface area contributed by atoms with Crippen LogP contribution < -0.4 is 5.32 Å². The predicted octanol–water partition coefficient (Wildman–Crippen LogP) is 2.67. The Kier molecular flexibility index (Phi) is 6.93. The minimum atomic E-state index is -0.698. The maximum atomic E-state index is 13.4. The fourth-order valence-corrected chi connectivity index (χ4v) is 1.68. The summed E-state index contributed by atoms with van der Waals surface area (Å²) in [5.41, 5.74) is 0.256. The van der Waals surface area contributed by atoms with E-state index in [1.807, 2.05) is 6.92 Å². The third-order valence-corrected chi connectivity index (χ3v) is 2.77. The number of carbonyl (C=O) groups is 2. The summed E-state index contributed by atoms with van der Waals surface area (Å²) >= 11 is 3.21. The quantitative estimate of drug-likeness (QED) is 0.638. The van der Waals surface area contributed by atoms with Gasteiger partial charge < -0.3 is 10.1 Å². The van der Waals surface area contributed by atoms with Crippen LogP contribution in [0, 0.1) is 5.82 Å². The Bertz CT molecular complexity index is 517. The van der Waals surface area contributed by atoms with Crippen molar-refractivity contribution in [2.45, 2.75) is 13.3 Å². The van der Waals surface area contributed by atoms with Gasteiger partial charge in [-0.1, -0.05) is 22.9 Å². The van der Waals surface area contributed by atoms with Gasteiger partial charge in [0.05, 0.1) is 0 Å². The van der Waals surface area contributed by atoms with Crippen LogP contribution in [0.2, 0.25) is 0 Å². The Balaban J connectivity index is 2.47. The highest BCUT2D eigenvalue weighted by molar-refractivity contribution is 9.10. The molecule has 0 fully saturated rings. The van der Waals surface area contributed by atoms with Crippen molar-refractivity contribution >= 4 is 33.9 Å². The summed E-state index contributed by atoms with van der Waals surface area (Å²) in [4.78, 5) is 22.6. The maximum Gasteiger partial charge on any atom is 0.331 e. The van der Waals surface area contributed by atoms with E-state index >= 15 is 0 Å². The lowest BCUT2D eigenvalue weighted by Crippen LogP contribution is -2.28. The summed E-state index contributed by atoms with van der Waals surface area (Å²) in [5, 5.41) is 2.57. The topological polar surface area (TPSA) is 55.4 Å². The molecule has 0 radical (unpaired) electrons. The van der Waals surface area contributed by atoms with Crippen LogP contribution in [0.25, 0.3) is 6.08 Å². The number of halogens is 2. The lowest BCUT2D eigenvalue weighted by Gasteiger charge is -2.03. The summed E-state index contributed by atoms with van der Waals surface area (Å²) in [5.74, 6) is -1.50. The third-order valence-electron chi connectivity index (χ3n) is 2.27. The van der Waals surface area contributed by atoms with Crippen molar-refractivity contribution in [3.05, 3.63) is 40.1 Å². The number of esters is 1. The van der Waals surface area contributed by atoms with Gasteiger partial charge in [-0.05, 0) is 30.7 Å². The van der Waals surface area contributed by atoms with Gasteiger partial charge in [-0.2, -0.15) is 0 Å². The molecule has 20 heavy (non-hydrogen) atoms. The van der Waals surface area contributed by atoms with Crippen LogP contribution in [0.1, 0.15) is 18.9 Å². The minimum absolute atomic E-state index is 0.256. The molecule has 0 saturated carbocycles. The first-order chi connectivity index (χ1) is 9.52. The molecule has 0 aliphatic rings. The minimum Gasteiger partial charge on any atom is -0.452 e. The van der Waals surface area contributed by atoms with Crippen molar-refractivity contribution in [1.29, 1.82) is 0 Å². The van der Waals surface area contributed by atoms with E-state index in [0.717, 1.165) is 12.5 Å². The van der Waals surface area contributed by atoms with Gasteiger partial charge in [-0.3, -0.25) is 4.79 Å². The molecule has 6 heteroatoms. The summed E-state index contributed by atoms with van der Waals surface area (Å²) in [6.45, 7) is 2.11. The standard InChI is InChI=1S/C14H15BrFNO3/c1-2-7-17-13(18)9-20-14(19)6-3-10-8-11(15)4-5-12(10)16/h3-6,8H,2,7,9H2,1H3,(H,17,18)/b6-3+. The number of benzene rings is 1. The zero-order valence-electron chi connectivity index (χ0n) is 11.0. The Morgan fingerprint density at radius 2 is 2.20 bits per heavy atom. The lowest BCUT2D eigenvalue weighted by molar-refractivity contribution is -0.143. The van der Waals surface area contributed by atoms with Crippen LogP contribution in [0.5, 0.6) is 0 Å². The van der Waals surface area contributed by atoms with Gasteiger partial charge in [0.1, 0.15) is 5.82 Å². The molecule has 0 atom stereocenters. The van der Waals surface area contributed by atoms with E-state index in [2.05, 4.69) is 21.2 Å². The number of carbonyl (C=O) groups excluding carboxylic acids is 2. The van der Waals surface area contributed by atoms with Gasteiger partial charge in [0.2, 0.25) is 0 Å². The smallest absolute Gasteiger partial charge is 0.331 e. The van der Waals surface area contributed by atoms with E-state index in [-0.39, 0.29) is 18.1 Å². The highest BCUT2D eigenvalue weighted by Crippen LogP contribution is 2.16. The number of hydrogen-bond acceptors (Lipinski definition) is 3. The zero-order valence-corrected chi connectivity index (χ0v) is 12.6. The van der Waals surface area contributed by atoms with Crippen LogP contribution in [-0.2, 0) is 14.3 Å². The van der Waals surface area contributed by atoms with Crippen LogP contribution >= 0.6 is 15.9 Å². The maximum absolute atomic E-state index is 13.4. The Hall–Kier alpha value is -1.69. The average Bonchev–Trinajstić information content (AvgIpc) is 2.43. The van der Waals surface area contributed by atoms with Crippen molar-refractivity contribution in [1.82, 2.24) is 5.32 Å². The Labute approximate surface area is 125 Å². The highest BCUT2D eigenvalue weighted by Gasteiger charge is 2.05. The Morgan fingerprint density at radius 1 is 1.45 bits per heavy atom. The van der Waals surface area contributed by atoms with E-state index in [9.17, 15) is 14.0 Å². The zero-order chi connectivity index (χ0) is 15.0. The fraction of sp³-hybridized carbons (Fsp3) is 0.286. The molecule has 0 heterocycles. The van der Waals surface area contributed by atoms with E-state index in [1.165, 1.54) is 18.2 Å². The van der Waals surface area contributed by atoms with Crippen molar-refractivity contribution in [3.63, 3.8) is 0 Å². The molecule has 1 rings (SSSR count). The number of hydrogen-bond donors (Lipinski definition) is 1. The third kappa shape index (κ3) is 5.97. The molecule has 0 aliphatic carbocycles. The van der Waals surface area contributed by atoms with E-state index in [1.54, 1.807) is 6.07 Å². The highest BCUT2D eigenvalue weighted by atomic mass is 79.9. The van der Waals surface area contributed by atoms with E-state index in [0.29, 0.717) is 11.0 Å². The summed E-state index contributed by atoms with van der Waals surface area (Å²) < 4.78 is 18.8. The molecule has 1 aromatic carbocycles. The predicted molar refractivity (Wildman–Crippen MR) is 77.4 cm³/mol. The second-order valence-electron chi connectivity index (χ2n) is 3.96. The fourth-order valence-electron chi connectivity index (χ4n) is 1.30. The SMILES string of the molecule is CCCNC(=O)COC(=O)/C=C/c1cc(Br)ccc1F. The monoisotopic (exact) mass is 343 g/mol. The van der Waals surface area contributed by atoms with Crippen LogP contribution in [0.3, 0.4) is 0 Å². The molecule has 1 amide bonds. The molecule has 0 bridgehead atoms. The average molecular weight is 344 g/mol. The molecular weight excluding hydrogens is 329 g/mol. The molecule has 0 aromatic heterocycles. The van der Waals surface area contributed by atoms with E-state index in [4.69, 9.17) is 4.74 Å². The van der Waals surface area contributed by atoms with Crippen molar-refractivity contribution in [2.24, 2.45) is 0 Å². The van der Waals surface area contributed by atoms with Crippen LogP contribution in [0.4, 0.5) is 4.39 Å². The normalized spacial score (nSPS) is 10.6. The van der Waals surface area contributed by atoms with Gasteiger partial charge in [0.25, 0.3) is 5.91 Å². The second-order valence-corrected chi connectivity index (χ2v) is 4.87. The van der Waals surface area contributed by atoms with Gasteiger partial charge in [-0.15, -0.1) is 0 Å². The number of nitrogens with one attached hydrogen (secondary N) is 1. The van der Waals surface area contributed by atoms with Crippen molar-refractivity contribution in [2.75, 3.05) is 13.2 Å². The van der Waals surface area contributed by atoms with E-state index < -0.39 is 11.8 Å². The first-order valence-corrected chi connectivity index (χ1v) is 6.88. The molecule has 0 saturated heterocycles. The summed E-state index contributed by atoms with van der Waals surface area (Å²) in [6, 6.07) is 4.38. The lowest BCUT2D eigenvalue weighted by atomic mass is 10.2. The molecule has 1 aromatic rings. The first-order valence-electron chi connectivity index (χ1n) is 6.09. The van der Waals surface area contributed by atoms with Crippen molar-refractivity contribution < 1.29 is 18.7 Å². The molecule has 108 valence electrons. The van der Waals surface area contributed by atoms with Crippen LogP contribution in [0.15, 0.2) is 28.7 Å². The van der Waals surface area contributed by atoms with Gasteiger partial charge in [0, 0.05) is 22.7 Å². The second kappa shape index (κ2) is 8.47. The number of amides is 1. The number of ether oxygens (including phenoxy) is 1. The Morgan fingerprint density at radius 3 is 2.90 bits per heavy atom.